The molecule has 3 atom stereocenters. The van der Waals surface area contributed by atoms with Gasteiger partial charge in [-0.1, -0.05) is 26.0 Å². The van der Waals surface area contributed by atoms with Crippen LogP contribution in [0.2, 0.25) is 0 Å². The third-order valence-corrected chi connectivity index (χ3v) is 3.72. The fraction of sp³-hybridized carbons (Fsp3) is 0.600. The Morgan fingerprint density at radius 3 is 2.58 bits per heavy atom. The minimum Gasteiger partial charge on any atom is -0.494 e. The third-order valence-electron chi connectivity index (χ3n) is 3.72. The Hall–Kier alpha value is -1.10. The van der Waals surface area contributed by atoms with E-state index >= 15 is 0 Å². The Morgan fingerprint density at radius 1 is 1.21 bits per heavy atom. The molecule has 1 saturated heterocycles. The highest BCUT2D eigenvalue weighted by Crippen LogP contribution is 2.29. The topological polar surface area (TPSA) is 45.3 Å². The summed E-state index contributed by atoms with van der Waals surface area (Å²) in [6, 6.07) is 9.26. The fourth-order valence-electron chi connectivity index (χ4n) is 2.53. The van der Waals surface area contributed by atoms with Crippen molar-refractivity contribution in [2.75, 3.05) is 20.2 Å². The van der Waals surface area contributed by atoms with Crippen molar-refractivity contribution < 1.29 is 4.74 Å². The monoisotopic (exact) mass is 263 g/mol. The maximum Gasteiger partial charge on any atom is 0.119 e. The number of likely N-dealkylation sites (N-methyl/N-ethyl adjacent to an activating group) is 1. The molecule has 4 heteroatoms. The van der Waals surface area contributed by atoms with Crippen LogP contribution in [0.3, 0.4) is 0 Å². The van der Waals surface area contributed by atoms with Crippen LogP contribution in [0.1, 0.15) is 31.9 Å². The van der Waals surface area contributed by atoms with Gasteiger partial charge in [0.25, 0.3) is 0 Å². The van der Waals surface area contributed by atoms with Crippen molar-refractivity contribution >= 4 is 0 Å². The van der Waals surface area contributed by atoms with E-state index in [-0.39, 0.29) is 0 Å². The minimum atomic E-state index is 0.360. The molecule has 1 heterocycles. The SMILES string of the molecule is CCCOc1ccc(C2NNC(CNC)C2C)cc1. The smallest absolute Gasteiger partial charge is 0.119 e. The summed E-state index contributed by atoms with van der Waals surface area (Å²) in [5, 5.41) is 3.22. The Bertz CT molecular complexity index is 379. The molecule has 1 fully saturated rings. The van der Waals surface area contributed by atoms with E-state index in [4.69, 9.17) is 4.74 Å². The van der Waals surface area contributed by atoms with Gasteiger partial charge in [0, 0.05) is 12.6 Å². The summed E-state index contributed by atoms with van der Waals surface area (Å²) < 4.78 is 5.61. The molecule has 4 nitrogen and oxygen atoms in total. The molecular formula is C15H25N3O. The van der Waals surface area contributed by atoms with Gasteiger partial charge in [-0.3, -0.25) is 5.43 Å². The van der Waals surface area contributed by atoms with Crippen LogP contribution < -0.4 is 20.9 Å². The maximum absolute atomic E-state index is 5.61. The van der Waals surface area contributed by atoms with Crippen LogP contribution in [0, 0.1) is 5.92 Å². The van der Waals surface area contributed by atoms with Gasteiger partial charge in [-0.2, -0.15) is 0 Å². The first-order valence-electron chi connectivity index (χ1n) is 7.14. The molecule has 0 saturated carbocycles. The van der Waals surface area contributed by atoms with Crippen LogP contribution in [-0.2, 0) is 0 Å². The predicted molar refractivity (Wildman–Crippen MR) is 78.1 cm³/mol. The second-order valence-electron chi connectivity index (χ2n) is 5.21. The molecule has 2 rings (SSSR count). The van der Waals surface area contributed by atoms with Crippen LogP contribution in [0.5, 0.6) is 5.75 Å². The maximum atomic E-state index is 5.61. The molecule has 0 aliphatic carbocycles. The van der Waals surface area contributed by atoms with Gasteiger partial charge in [-0.25, -0.2) is 5.43 Å². The van der Waals surface area contributed by atoms with Gasteiger partial charge < -0.3 is 10.1 Å². The Morgan fingerprint density at radius 2 is 1.95 bits per heavy atom. The van der Waals surface area contributed by atoms with Gasteiger partial charge in [0.2, 0.25) is 0 Å². The molecule has 3 N–H and O–H groups in total. The first kappa shape index (κ1) is 14.3. The summed E-state index contributed by atoms with van der Waals surface area (Å²) in [6.45, 7) is 6.15. The number of rotatable bonds is 6. The first-order valence-corrected chi connectivity index (χ1v) is 7.14. The molecule has 0 spiro atoms. The van der Waals surface area contributed by atoms with E-state index in [0.29, 0.717) is 18.0 Å². The zero-order chi connectivity index (χ0) is 13.7. The van der Waals surface area contributed by atoms with Crippen LogP contribution >= 0.6 is 0 Å². The van der Waals surface area contributed by atoms with Crippen molar-refractivity contribution in [1.82, 2.24) is 16.2 Å². The summed E-state index contributed by atoms with van der Waals surface area (Å²) in [7, 11) is 1.99. The lowest BCUT2D eigenvalue weighted by Crippen LogP contribution is -2.38. The average molecular weight is 263 g/mol. The van der Waals surface area contributed by atoms with Crippen molar-refractivity contribution in [1.29, 1.82) is 0 Å². The molecule has 0 bridgehead atoms. The van der Waals surface area contributed by atoms with Gasteiger partial charge in [0.1, 0.15) is 5.75 Å². The number of ether oxygens (including phenoxy) is 1. The fourth-order valence-corrected chi connectivity index (χ4v) is 2.53. The third kappa shape index (κ3) is 3.47. The number of hydrogen-bond acceptors (Lipinski definition) is 4. The summed E-state index contributed by atoms with van der Waals surface area (Å²) in [5.41, 5.74) is 8.06. The summed E-state index contributed by atoms with van der Waals surface area (Å²) >= 11 is 0. The molecule has 19 heavy (non-hydrogen) atoms. The molecule has 0 aromatic heterocycles. The zero-order valence-corrected chi connectivity index (χ0v) is 12.1. The Balaban J connectivity index is 1.98. The van der Waals surface area contributed by atoms with Gasteiger partial charge >= 0.3 is 0 Å². The predicted octanol–water partition coefficient (Wildman–Crippen LogP) is 1.85. The Kier molecular flexibility index (Phi) is 5.19. The molecule has 3 unspecified atom stereocenters. The van der Waals surface area contributed by atoms with Crippen LogP contribution in [0.15, 0.2) is 24.3 Å². The van der Waals surface area contributed by atoms with Crippen molar-refractivity contribution in [2.45, 2.75) is 32.4 Å². The van der Waals surface area contributed by atoms with Crippen molar-refractivity contribution in [3.63, 3.8) is 0 Å². The average Bonchev–Trinajstić information content (AvgIpc) is 2.79. The van der Waals surface area contributed by atoms with E-state index in [2.05, 4.69) is 54.3 Å². The number of hydrogen-bond donors (Lipinski definition) is 3. The molecule has 1 aromatic rings. The lowest BCUT2D eigenvalue weighted by Gasteiger charge is -2.18. The van der Waals surface area contributed by atoms with Gasteiger partial charge in [0.15, 0.2) is 0 Å². The largest absolute Gasteiger partial charge is 0.494 e. The van der Waals surface area contributed by atoms with E-state index in [0.717, 1.165) is 25.3 Å². The van der Waals surface area contributed by atoms with E-state index in [1.165, 1.54) is 5.56 Å². The Labute approximate surface area is 115 Å². The summed E-state index contributed by atoms with van der Waals surface area (Å²) in [4.78, 5) is 0. The molecule has 1 aliphatic heterocycles. The molecule has 0 radical (unpaired) electrons. The van der Waals surface area contributed by atoms with Gasteiger partial charge in [-0.05, 0) is 37.1 Å². The van der Waals surface area contributed by atoms with Crippen molar-refractivity contribution in [3.8, 4) is 5.75 Å². The second kappa shape index (κ2) is 6.89. The molecule has 106 valence electrons. The van der Waals surface area contributed by atoms with Crippen LogP contribution in [0.4, 0.5) is 0 Å². The van der Waals surface area contributed by atoms with E-state index in [1.54, 1.807) is 0 Å². The van der Waals surface area contributed by atoms with E-state index in [9.17, 15) is 0 Å². The zero-order valence-electron chi connectivity index (χ0n) is 12.1. The number of nitrogens with one attached hydrogen (secondary N) is 3. The molecule has 0 amide bonds. The highest BCUT2D eigenvalue weighted by atomic mass is 16.5. The summed E-state index contributed by atoms with van der Waals surface area (Å²) in [5.74, 6) is 1.51. The standard InChI is InChI=1S/C15H25N3O/c1-4-9-19-13-7-5-12(6-8-13)15-11(2)14(10-16-3)17-18-15/h5-8,11,14-18H,4,9-10H2,1-3H3. The van der Waals surface area contributed by atoms with Gasteiger partial charge in [-0.15, -0.1) is 0 Å². The lowest BCUT2D eigenvalue weighted by molar-refractivity contribution is 0.317. The van der Waals surface area contributed by atoms with E-state index in [1.807, 2.05) is 7.05 Å². The quantitative estimate of drug-likeness (QED) is 0.733. The normalized spacial score (nSPS) is 26.6. The first-order chi connectivity index (χ1) is 9.26. The lowest BCUT2D eigenvalue weighted by atomic mass is 9.91. The van der Waals surface area contributed by atoms with Crippen LogP contribution in [0.25, 0.3) is 0 Å². The van der Waals surface area contributed by atoms with Gasteiger partial charge in [0.05, 0.1) is 12.6 Å². The molecular weight excluding hydrogens is 238 g/mol. The van der Waals surface area contributed by atoms with Crippen molar-refractivity contribution in [2.24, 2.45) is 5.92 Å². The van der Waals surface area contributed by atoms with Crippen molar-refractivity contribution in [3.05, 3.63) is 29.8 Å². The minimum absolute atomic E-state index is 0.360. The highest BCUT2D eigenvalue weighted by molar-refractivity contribution is 5.30. The van der Waals surface area contributed by atoms with E-state index < -0.39 is 0 Å². The number of hydrazine groups is 1. The molecule has 1 aromatic carbocycles. The molecule has 1 aliphatic rings. The number of benzene rings is 1. The second-order valence-corrected chi connectivity index (χ2v) is 5.21. The summed E-state index contributed by atoms with van der Waals surface area (Å²) in [6.07, 6.45) is 1.04. The highest BCUT2D eigenvalue weighted by Gasteiger charge is 2.32. The van der Waals surface area contributed by atoms with Crippen LogP contribution in [-0.4, -0.2) is 26.2 Å².